The number of hydrogen-bond donors (Lipinski definition) is 1. The van der Waals surface area contributed by atoms with Gasteiger partial charge in [-0.25, -0.2) is 4.39 Å². The Bertz CT molecular complexity index is 748. The lowest BCUT2D eigenvalue weighted by Gasteiger charge is -2.16. The second kappa shape index (κ2) is 6.59. The molecule has 1 aliphatic rings. The number of fused-ring (bicyclic) bond motifs is 1. The predicted molar refractivity (Wildman–Crippen MR) is 88.6 cm³/mol. The molecule has 0 heterocycles. The van der Waals surface area contributed by atoms with Crippen molar-refractivity contribution >= 4 is 23.2 Å². The standard InChI is InChI=1S/C18H17ClFNO2/c1-11(18(22)21-17-8-6-14(19)10-16(17)20)23-15-7-5-12-3-2-4-13(12)9-15/h5-11H,2-4H2,1H3,(H,21,22). The first kappa shape index (κ1) is 15.8. The van der Waals surface area contributed by atoms with Crippen LogP contribution in [0.5, 0.6) is 5.75 Å². The van der Waals surface area contributed by atoms with Gasteiger partial charge in [0.05, 0.1) is 5.69 Å². The van der Waals surface area contributed by atoms with Crippen molar-refractivity contribution in [2.45, 2.75) is 32.3 Å². The molecule has 3 rings (SSSR count). The topological polar surface area (TPSA) is 38.3 Å². The summed E-state index contributed by atoms with van der Waals surface area (Å²) in [6.07, 6.45) is 2.57. The summed E-state index contributed by atoms with van der Waals surface area (Å²) in [6, 6.07) is 10.0. The van der Waals surface area contributed by atoms with Crippen molar-refractivity contribution in [2.75, 3.05) is 5.32 Å². The van der Waals surface area contributed by atoms with Crippen LogP contribution in [0.15, 0.2) is 36.4 Å². The number of ether oxygens (including phenoxy) is 1. The van der Waals surface area contributed by atoms with Gasteiger partial charge in [0, 0.05) is 5.02 Å². The fourth-order valence-electron chi connectivity index (χ4n) is 2.70. The van der Waals surface area contributed by atoms with Gasteiger partial charge in [0.1, 0.15) is 11.6 Å². The molecular weight excluding hydrogens is 317 g/mol. The lowest BCUT2D eigenvalue weighted by molar-refractivity contribution is -0.122. The van der Waals surface area contributed by atoms with Gasteiger partial charge in [-0.05, 0) is 67.6 Å². The minimum absolute atomic E-state index is 0.0869. The zero-order valence-corrected chi connectivity index (χ0v) is 13.5. The Morgan fingerprint density at radius 1 is 1.22 bits per heavy atom. The van der Waals surface area contributed by atoms with Crippen LogP contribution in [-0.4, -0.2) is 12.0 Å². The van der Waals surface area contributed by atoms with E-state index in [1.807, 2.05) is 18.2 Å². The van der Waals surface area contributed by atoms with E-state index >= 15 is 0 Å². The average molecular weight is 334 g/mol. The first-order chi connectivity index (χ1) is 11.0. The molecule has 0 spiro atoms. The molecule has 2 aromatic rings. The van der Waals surface area contributed by atoms with Crippen LogP contribution in [0, 0.1) is 5.82 Å². The van der Waals surface area contributed by atoms with Crippen molar-refractivity contribution in [1.82, 2.24) is 0 Å². The average Bonchev–Trinajstić information content (AvgIpc) is 2.97. The molecule has 1 atom stereocenters. The summed E-state index contributed by atoms with van der Waals surface area (Å²) in [4.78, 5) is 12.2. The summed E-state index contributed by atoms with van der Waals surface area (Å²) in [6.45, 7) is 1.64. The second-order valence-corrected chi connectivity index (χ2v) is 6.09. The molecule has 0 aliphatic heterocycles. The van der Waals surface area contributed by atoms with Crippen LogP contribution in [0.4, 0.5) is 10.1 Å². The quantitative estimate of drug-likeness (QED) is 0.902. The number of carbonyl (C=O) groups is 1. The van der Waals surface area contributed by atoms with Crippen molar-refractivity contribution in [3.63, 3.8) is 0 Å². The van der Waals surface area contributed by atoms with E-state index in [9.17, 15) is 9.18 Å². The summed E-state index contributed by atoms with van der Waals surface area (Å²) in [5.41, 5.74) is 2.71. The SMILES string of the molecule is CC(Oc1ccc2c(c1)CCC2)C(=O)Nc1ccc(Cl)cc1F. The summed E-state index contributed by atoms with van der Waals surface area (Å²) in [7, 11) is 0. The van der Waals surface area contributed by atoms with Gasteiger partial charge in [-0.15, -0.1) is 0 Å². The van der Waals surface area contributed by atoms with Crippen LogP contribution in [0.1, 0.15) is 24.5 Å². The molecule has 1 aliphatic carbocycles. The molecule has 0 aromatic heterocycles. The smallest absolute Gasteiger partial charge is 0.265 e. The number of nitrogens with one attached hydrogen (secondary N) is 1. The van der Waals surface area contributed by atoms with E-state index in [2.05, 4.69) is 5.32 Å². The summed E-state index contributed by atoms with van der Waals surface area (Å²) in [5, 5.41) is 2.79. The number of anilines is 1. The molecule has 2 aromatic carbocycles. The molecule has 23 heavy (non-hydrogen) atoms. The van der Waals surface area contributed by atoms with E-state index in [-0.39, 0.29) is 10.7 Å². The highest BCUT2D eigenvalue weighted by atomic mass is 35.5. The first-order valence-corrected chi connectivity index (χ1v) is 7.95. The van der Waals surface area contributed by atoms with E-state index in [1.54, 1.807) is 6.92 Å². The zero-order valence-electron chi connectivity index (χ0n) is 12.7. The molecule has 0 bridgehead atoms. The summed E-state index contributed by atoms with van der Waals surface area (Å²) in [5.74, 6) is -0.327. The lowest BCUT2D eigenvalue weighted by atomic mass is 10.1. The van der Waals surface area contributed by atoms with Crippen molar-refractivity contribution in [3.8, 4) is 5.75 Å². The van der Waals surface area contributed by atoms with E-state index in [4.69, 9.17) is 16.3 Å². The number of hydrogen-bond acceptors (Lipinski definition) is 2. The van der Waals surface area contributed by atoms with Crippen LogP contribution < -0.4 is 10.1 Å². The van der Waals surface area contributed by atoms with Crippen LogP contribution in [0.2, 0.25) is 5.02 Å². The number of amides is 1. The molecule has 0 saturated heterocycles. The van der Waals surface area contributed by atoms with Gasteiger partial charge in [-0.2, -0.15) is 0 Å². The van der Waals surface area contributed by atoms with Crippen molar-refractivity contribution in [3.05, 3.63) is 58.4 Å². The van der Waals surface area contributed by atoms with Gasteiger partial charge in [0.15, 0.2) is 6.10 Å². The van der Waals surface area contributed by atoms with Crippen molar-refractivity contribution < 1.29 is 13.9 Å². The zero-order chi connectivity index (χ0) is 16.4. The maximum Gasteiger partial charge on any atom is 0.265 e. The molecule has 5 heteroatoms. The van der Waals surface area contributed by atoms with Gasteiger partial charge in [0.25, 0.3) is 5.91 Å². The van der Waals surface area contributed by atoms with Crippen molar-refractivity contribution in [1.29, 1.82) is 0 Å². The Morgan fingerprint density at radius 3 is 2.78 bits per heavy atom. The van der Waals surface area contributed by atoms with Gasteiger partial charge in [0.2, 0.25) is 0 Å². The highest BCUT2D eigenvalue weighted by Crippen LogP contribution is 2.26. The van der Waals surface area contributed by atoms with Crippen LogP contribution >= 0.6 is 11.6 Å². The third-order valence-electron chi connectivity index (χ3n) is 3.94. The highest BCUT2D eigenvalue weighted by molar-refractivity contribution is 6.30. The third-order valence-corrected chi connectivity index (χ3v) is 4.18. The Morgan fingerprint density at radius 2 is 2.00 bits per heavy atom. The van der Waals surface area contributed by atoms with Gasteiger partial charge in [-0.3, -0.25) is 4.79 Å². The molecular formula is C18H17ClFNO2. The Kier molecular flexibility index (Phi) is 4.53. The van der Waals surface area contributed by atoms with Crippen LogP contribution in [-0.2, 0) is 17.6 Å². The largest absolute Gasteiger partial charge is 0.481 e. The molecule has 1 N–H and O–H groups in total. The summed E-state index contributed by atoms with van der Waals surface area (Å²) >= 11 is 5.69. The predicted octanol–water partition coefficient (Wildman–Crippen LogP) is 4.37. The van der Waals surface area contributed by atoms with E-state index in [0.717, 1.165) is 25.3 Å². The fourth-order valence-corrected chi connectivity index (χ4v) is 2.86. The number of carbonyl (C=O) groups excluding carboxylic acids is 1. The maximum atomic E-state index is 13.7. The van der Waals surface area contributed by atoms with Crippen LogP contribution in [0.3, 0.4) is 0 Å². The van der Waals surface area contributed by atoms with E-state index in [0.29, 0.717) is 5.75 Å². The molecule has 1 unspecified atom stereocenters. The number of aryl methyl sites for hydroxylation is 2. The molecule has 1 amide bonds. The molecule has 3 nitrogen and oxygen atoms in total. The fraction of sp³-hybridized carbons (Fsp3) is 0.278. The van der Waals surface area contributed by atoms with Crippen LogP contribution in [0.25, 0.3) is 0 Å². The van der Waals surface area contributed by atoms with Crippen molar-refractivity contribution in [2.24, 2.45) is 0 Å². The lowest BCUT2D eigenvalue weighted by Crippen LogP contribution is -2.30. The Hall–Kier alpha value is -2.07. The Labute approximate surface area is 139 Å². The number of rotatable bonds is 4. The van der Waals surface area contributed by atoms with E-state index < -0.39 is 17.8 Å². The third kappa shape index (κ3) is 3.64. The maximum absolute atomic E-state index is 13.7. The second-order valence-electron chi connectivity index (χ2n) is 5.66. The Balaban J connectivity index is 1.65. The molecule has 0 fully saturated rings. The number of benzene rings is 2. The minimum Gasteiger partial charge on any atom is -0.481 e. The molecule has 120 valence electrons. The number of halogens is 2. The first-order valence-electron chi connectivity index (χ1n) is 7.57. The normalized spacial score (nSPS) is 14.2. The van der Waals surface area contributed by atoms with Gasteiger partial charge in [-0.1, -0.05) is 17.7 Å². The van der Waals surface area contributed by atoms with Gasteiger partial charge < -0.3 is 10.1 Å². The molecule has 0 saturated carbocycles. The monoisotopic (exact) mass is 333 g/mol. The molecule has 0 radical (unpaired) electrons. The summed E-state index contributed by atoms with van der Waals surface area (Å²) < 4.78 is 19.4. The minimum atomic E-state index is -0.732. The highest BCUT2D eigenvalue weighted by Gasteiger charge is 2.18. The van der Waals surface area contributed by atoms with Gasteiger partial charge >= 0.3 is 0 Å². The van der Waals surface area contributed by atoms with E-state index in [1.165, 1.54) is 23.3 Å².